The van der Waals surface area contributed by atoms with Crippen molar-refractivity contribution in [1.29, 1.82) is 0 Å². The van der Waals surface area contributed by atoms with Crippen LogP contribution in [0.4, 0.5) is 0 Å². The quantitative estimate of drug-likeness (QED) is 0.174. The van der Waals surface area contributed by atoms with Crippen LogP contribution in [0.3, 0.4) is 0 Å². The summed E-state index contributed by atoms with van der Waals surface area (Å²) >= 11 is 0. The smallest absolute Gasteiger partial charge is 0.164 e. The van der Waals surface area contributed by atoms with Crippen LogP contribution in [0, 0.1) is 17.8 Å². The Morgan fingerprint density at radius 1 is 0.413 bits per heavy atom. The first-order chi connectivity index (χ1) is 31.1. The molecule has 2 heterocycles. The van der Waals surface area contributed by atoms with E-state index < -0.39 is 5.41 Å². The largest absolute Gasteiger partial charge is 0.457 e. The highest BCUT2D eigenvalue weighted by atomic mass is 16.5. The molecule has 0 amide bonds. The minimum absolute atomic E-state index is 0.344. The number of benzene rings is 8. The molecular formula is C59H43N3O. The predicted octanol–water partition coefficient (Wildman–Crippen LogP) is 14.2. The first-order valence-electron chi connectivity index (χ1n) is 22.7. The van der Waals surface area contributed by atoms with Gasteiger partial charge in [-0.2, -0.15) is 0 Å². The van der Waals surface area contributed by atoms with Crippen LogP contribution in [0.1, 0.15) is 59.9 Å². The predicted molar refractivity (Wildman–Crippen MR) is 252 cm³/mol. The summed E-state index contributed by atoms with van der Waals surface area (Å²) < 4.78 is 6.64. The van der Waals surface area contributed by atoms with Gasteiger partial charge < -0.3 is 4.74 Å². The maximum absolute atomic E-state index is 6.64. The highest BCUT2D eigenvalue weighted by Gasteiger charge is 2.58. The van der Waals surface area contributed by atoms with E-state index in [1.165, 1.54) is 59.9 Å². The lowest BCUT2D eigenvalue weighted by Gasteiger charge is -2.39. The number of para-hydroxylation sites is 2. The third-order valence-electron chi connectivity index (χ3n) is 15.8. The Bertz CT molecular complexity index is 3280. The molecule has 1 aromatic heterocycles. The lowest BCUT2D eigenvalue weighted by atomic mass is 9.66. The number of ether oxygens (including phenoxy) is 1. The number of rotatable bonds is 5. The summed E-state index contributed by atoms with van der Waals surface area (Å²) in [5, 5.41) is 2.28. The van der Waals surface area contributed by atoms with Crippen LogP contribution in [0.15, 0.2) is 182 Å². The highest BCUT2D eigenvalue weighted by molar-refractivity contribution is 5.96. The Kier molecular flexibility index (Phi) is 7.41. The molecule has 8 aromatic carbocycles. The van der Waals surface area contributed by atoms with Gasteiger partial charge in [0.15, 0.2) is 17.5 Å². The van der Waals surface area contributed by atoms with E-state index in [1.807, 2.05) is 0 Å². The lowest BCUT2D eigenvalue weighted by Crippen LogP contribution is -2.32. The van der Waals surface area contributed by atoms with Crippen LogP contribution in [0.2, 0.25) is 0 Å². The molecule has 1 aliphatic heterocycles. The maximum atomic E-state index is 6.64. The minimum atomic E-state index is -0.562. The normalized spacial score (nSPS) is 21.5. The molecule has 0 saturated heterocycles. The monoisotopic (exact) mass is 809 g/mol. The van der Waals surface area contributed by atoms with Gasteiger partial charge in [0.25, 0.3) is 0 Å². The second-order valence-electron chi connectivity index (χ2n) is 18.8. The second-order valence-corrected chi connectivity index (χ2v) is 18.8. The summed E-state index contributed by atoms with van der Waals surface area (Å²) in [6.07, 6.45) is 6.93. The van der Waals surface area contributed by atoms with Crippen molar-refractivity contribution in [2.24, 2.45) is 17.8 Å². The van der Waals surface area contributed by atoms with E-state index in [4.69, 9.17) is 19.7 Å². The minimum Gasteiger partial charge on any atom is -0.457 e. The van der Waals surface area contributed by atoms with E-state index in [9.17, 15) is 0 Å². The summed E-state index contributed by atoms with van der Waals surface area (Å²) in [6.45, 7) is 0. The molecule has 5 aliphatic rings. The van der Waals surface area contributed by atoms with Gasteiger partial charge in [0.05, 0.1) is 5.41 Å². The van der Waals surface area contributed by atoms with Crippen LogP contribution in [0.5, 0.6) is 11.5 Å². The first-order valence-corrected chi connectivity index (χ1v) is 22.7. The maximum Gasteiger partial charge on any atom is 0.164 e. The van der Waals surface area contributed by atoms with Crippen molar-refractivity contribution in [3.8, 4) is 67.9 Å². The van der Waals surface area contributed by atoms with Crippen molar-refractivity contribution in [3.63, 3.8) is 0 Å². The molecule has 4 nitrogen and oxygen atoms in total. The molecule has 4 atom stereocenters. The molecule has 0 N–H and O–H groups in total. The Balaban J connectivity index is 0.949. The number of fused-ring (bicyclic) bond motifs is 11. The van der Waals surface area contributed by atoms with E-state index in [0.717, 1.165) is 79.0 Å². The fraction of sp³-hybridized carbons (Fsp3) is 0.169. The third kappa shape index (κ3) is 5.01. The van der Waals surface area contributed by atoms with Gasteiger partial charge in [-0.1, -0.05) is 164 Å². The average molecular weight is 810 g/mol. The molecule has 1 spiro atoms. The molecule has 300 valence electrons. The molecule has 2 bridgehead atoms. The summed E-state index contributed by atoms with van der Waals surface area (Å²) in [6, 6.07) is 65.9. The van der Waals surface area contributed by atoms with Crippen molar-refractivity contribution in [3.05, 3.63) is 210 Å². The third-order valence-corrected chi connectivity index (χ3v) is 15.8. The van der Waals surface area contributed by atoms with Gasteiger partial charge in [0, 0.05) is 27.8 Å². The zero-order valence-corrected chi connectivity index (χ0v) is 34.8. The van der Waals surface area contributed by atoms with E-state index in [2.05, 4.69) is 182 Å². The van der Waals surface area contributed by atoms with Gasteiger partial charge in [-0.3, -0.25) is 0 Å². The van der Waals surface area contributed by atoms with Crippen molar-refractivity contribution in [1.82, 2.24) is 15.0 Å². The molecule has 4 heteroatoms. The van der Waals surface area contributed by atoms with E-state index >= 15 is 0 Å². The van der Waals surface area contributed by atoms with Crippen molar-refractivity contribution < 1.29 is 4.74 Å². The number of hydrogen-bond acceptors (Lipinski definition) is 4. The highest BCUT2D eigenvalue weighted by Crippen LogP contribution is 2.67. The molecule has 14 rings (SSSR count). The Morgan fingerprint density at radius 2 is 0.968 bits per heavy atom. The fourth-order valence-corrected chi connectivity index (χ4v) is 13.2. The van der Waals surface area contributed by atoms with Crippen molar-refractivity contribution in [2.45, 2.75) is 42.9 Å². The summed E-state index contributed by atoms with van der Waals surface area (Å²) in [4.78, 5) is 16.1. The SMILES string of the molecule is c1ccc2c(c1)Oc1ccccc1C21c2ccccc2-c2ccc(-c3ccccc3-c3nc(-c4ccc(C56CC7[C@H](CC[C@H]7C5)C6)cc4)nc(-c4cccc5ccccc45)n3)cc21. The Hall–Kier alpha value is -7.17. The molecule has 4 aliphatic carbocycles. The fourth-order valence-electron chi connectivity index (χ4n) is 13.2. The number of nitrogens with zero attached hydrogens (tertiary/aromatic N) is 3. The second kappa shape index (κ2) is 13.2. The van der Waals surface area contributed by atoms with Crippen LogP contribution < -0.4 is 4.74 Å². The summed E-state index contributed by atoms with van der Waals surface area (Å²) in [5.74, 6) is 6.59. The van der Waals surface area contributed by atoms with Crippen LogP contribution in [-0.4, -0.2) is 15.0 Å². The Labute approximate surface area is 367 Å². The molecule has 0 radical (unpaired) electrons. The zero-order chi connectivity index (χ0) is 41.3. The van der Waals surface area contributed by atoms with Crippen molar-refractivity contribution >= 4 is 10.8 Å². The summed E-state index contributed by atoms with van der Waals surface area (Å²) in [7, 11) is 0. The first kappa shape index (κ1) is 35.4. The van der Waals surface area contributed by atoms with Gasteiger partial charge in [-0.15, -0.1) is 0 Å². The van der Waals surface area contributed by atoms with Crippen molar-refractivity contribution in [2.75, 3.05) is 0 Å². The van der Waals surface area contributed by atoms with Gasteiger partial charge in [0.2, 0.25) is 0 Å². The molecule has 2 unspecified atom stereocenters. The molecule has 9 aromatic rings. The number of hydrogen-bond donors (Lipinski definition) is 0. The van der Waals surface area contributed by atoms with Gasteiger partial charge in [-0.05, 0) is 123 Å². The van der Waals surface area contributed by atoms with Gasteiger partial charge in [0.1, 0.15) is 11.5 Å². The summed E-state index contributed by atoms with van der Waals surface area (Å²) in [5.41, 5.74) is 13.8. The molecule has 3 fully saturated rings. The average Bonchev–Trinajstić information content (AvgIpc) is 4.06. The number of aromatic nitrogens is 3. The Morgan fingerprint density at radius 3 is 1.71 bits per heavy atom. The standard InChI is InChI=1S/C59H43N3O/c1-2-14-42-36(12-1)13-11-18-47(42)57-61-55(37-26-29-41(30-27-37)58-33-39-24-25-40(34-58)48(39)35-58)60-56(62-57)46-17-4-3-15-43(46)38-28-31-45-44-16-5-6-19-49(44)59(52(45)32-38)50-20-7-9-22-53(50)63-54-23-10-8-21-51(54)59/h1-23,26-32,39-40,48H,24-25,33-35H2/t39-,40+,48?,58?. The van der Waals surface area contributed by atoms with E-state index in [0.29, 0.717) is 22.9 Å². The van der Waals surface area contributed by atoms with Gasteiger partial charge in [-0.25, -0.2) is 15.0 Å². The van der Waals surface area contributed by atoms with E-state index in [1.54, 1.807) is 0 Å². The van der Waals surface area contributed by atoms with Crippen LogP contribution >= 0.6 is 0 Å². The van der Waals surface area contributed by atoms with Crippen LogP contribution in [0.25, 0.3) is 67.2 Å². The molecule has 3 saturated carbocycles. The topological polar surface area (TPSA) is 47.9 Å². The van der Waals surface area contributed by atoms with Crippen LogP contribution in [-0.2, 0) is 10.8 Å². The van der Waals surface area contributed by atoms with E-state index in [-0.39, 0.29) is 0 Å². The molecule has 63 heavy (non-hydrogen) atoms. The molecular weight excluding hydrogens is 767 g/mol. The van der Waals surface area contributed by atoms with Gasteiger partial charge >= 0.3 is 0 Å². The zero-order valence-electron chi connectivity index (χ0n) is 34.8. The lowest BCUT2D eigenvalue weighted by molar-refractivity contribution is 0.308.